The normalized spacial score (nSPS) is 13.9. The van der Waals surface area contributed by atoms with Gasteiger partial charge in [-0.25, -0.2) is 13.4 Å². The van der Waals surface area contributed by atoms with Gasteiger partial charge in [0.05, 0.1) is 15.3 Å². The van der Waals surface area contributed by atoms with Crippen molar-refractivity contribution >= 4 is 44.6 Å². The zero-order valence-electron chi connectivity index (χ0n) is 7.75. The van der Waals surface area contributed by atoms with E-state index in [1.54, 1.807) is 0 Å². The van der Waals surface area contributed by atoms with Crippen LogP contribution < -0.4 is 0 Å². The lowest BCUT2D eigenvalue weighted by molar-refractivity contribution is 0.584. The minimum atomic E-state index is -3.57. The topological polar surface area (TPSA) is 47.0 Å². The van der Waals surface area contributed by atoms with Crippen molar-refractivity contribution in [3.63, 3.8) is 0 Å². The number of pyridine rings is 1. The van der Waals surface area contributed by atoms with Gasteiger partial charge in [-0.3, -0.25) is 0 Å². The third-order valence-electron chi connectivity index (χ3n) is 1.79. The fourth-order valence-corrected chi connectivity index (χ4v) is 3.16. The highest BCUT2D eigenvalue weighted by molar-refractivity contribution is 7.92. The van der Waals surface area contributed by atoms with Gasteiger partial charge in [0.2, 0.25) is 9.84 Å². The smallest absolute Gasteiger partial charge is 0.200 e. The first kappa shape index (κ1) is 13.0. The van der Waals surface area contributed by atoms with Gasteiger partial charge in [-0.15, -0.1) is 11.6 Å². The van der Waals surface area contributed by atoms with Crippen LogP contribution in [0.4, 0.5) is 0 Å². The summed E-state index contributed by atoms with van der Waals surface area (Å²) in [7, 11) is -3.57. The lowest BCUT2D eigenvalue weighted by atomic mass is 10.5. The molecule has 84 valence electrons. The molecule has 0 aliphatic rings. The summed E-state index contributed by atoms with van der Waals surface area (Å²) in [6, 6.07) is 1.34. The summed E-state index contributed by atoms with van der Waals surface area (Å²) in [4.78, 5) is 3.71. The Balaban J connectivity index is 3.28. The second-order valence-corrected chi connectivity index (χ2v) is 6.38. The first-order valence-electron chi connectivity index (χ1n) is 4.00. The maximum atomic E-state index is 11.8. The van der Waals surface area contributed by atoms with Gasteiger partial charge in [0.15, 0.2) is 5.03 Å². The van der Waals surface area contributed by atoms with Crippen molar-refractivity contribution in [1.29, 1.82) is 0 Å². The number of nitrogens with zero attached hydrogens (tertiary/aromatic N) is 1. The second-order valence-electron chi connectivity index (χ2n) is 2.95. The summed E-state index contributed by atoms with van der Waals surface area (Å²) in [5.41, 5.74) is 0. The van der Waals surface area contributed by atoms with Crippen LogP contribution in [0.2, 0.25) is 10.0 Å². The number of hydrogen-bond donors (Lipinski definition) is 0. The van der Waals surface area contributed by atoms with Crippen LogP contribution in [0.3, 0.4) is 0 Å². The highest BCUT2D eigenvalue weighted by Gasteiger charge is 2.26. The van der Waals surface area contributed by atoms with Gasteiger partial charge in [-0.1, -0.05) is 23.2 Å². The van der Waals surface area contributed by atoms with Crippen molar-refractivity contribution in [2.24, 2.45) is 0 Å². The molecule has 7 heteroatoms. The molecule has 0 amide bonds. The van der Waals surface area contributed by atoms with Crippen LogP contribution in [0.1, 0.15) is 6.92 Å². The third kappa shape index (κ3) is 2.75. The summed E-state index contributed by atoms with van der Waals surface area (Å²) in [5.74, 6) is -0.0109. The molecular weight excluding hydrogens is 281 g/mol. The molecule has 0 saturated heterocycles. The van der Waals surface area contributed by atoms with Gasteiger partial charge < -0.3 is 0 Å². The molecule has 0 aliphatic heterocycles. The highest BCUT2D eigenvalue weighted by atomic mass is 35.5. The first-order valence-corrected chi connectivity index (χ1v) is 6.84. The van der Waals surface area contributed by atoms with Crippen LogP contribution in [0.15, 0.2) is 17.3 Å². The largest absolute Gasteiger partial charge is 0.242 e. The fourth-order valence-electron chi connectivity index (χ4n) is 0.885. The summed E-state index contributed by atoms with van der Waals surface area (Å²) >= 11 is 16.9. The molecule has 1 unspecified atom stereocenters. The van der Waals surface area contributed by atoms with Crippen LogP contribution in [0.5, 0.6) is 0 Å². The van der Waals surface area contributed by atoms with E-state index in [0.717, 1.165) is 0 Å². The molecule has 0 aliphatic carbocycles. The molecule has 0 radical (unpaired) electrons. The molecule has 0 N–H and O–H groups in total. The van der Waals surface area contributed by atoms with E-state index in [1.807, 2.05) is 0 Å². The van der Waals surface area contributed by atoms with Gasteiger partial charge in [-0.05, 0) is 13.0 Å². The molecule has 0 aromatic carbocycles. The van der Waals surface area contributed by atoms with Gasteiger partial charge >= 0.3 is 0 Å². The molecule has 1 rings (SSSR count). The van der Waals surface area contributed by atoms with E-state index in [4.69, 9.17) is 34.8 Å². The summed E-state index contributed by atoms with van der Waals surface area (Å²) < 4.78 is 23.6. The summed E-state index contributed by atoms with van der Waals surface area (Å²) in [6.07, 6.45) is 1.24. The third-order valence-corrected chi connectivity index (χ3v) is 5.13. The second kappa shape index (κ2) is 4.87. The highest BCUT2D eigenvalue weighted by Crippen LogP contribution is 2.25. The van der Waals surface area contributed by atoms with Gasteiger partial charge in [0, 0.05) is 12.1 Å². The monoisotopic (exact) mass is 287 g/mol. The van der Waals surface area contributed by atoms with Crippen LogP contribution in [-0.4, -0.2) is 24.5 Å². The molecule has 1 aromatic rings. The predicted molar refractivity (Wildman–Crippen MR) is 61.6 cm³/mol. The Bertz CT molecular complexity index is 461. The van der Waals surface area contributed by atoms with Crippen LogP contribution >= 0.6 is 34.8 Å². The number of alkyl halides is 1. The van der Waals surface area contributed by atoms with Crippen LogP contribution in [0, 0.1) is 0 Å². The van der Waals surface area contributed by atoms with Gasteiger partial charge in [-0.2, -0.15) is 0 Å². The predicted octanol–water partition coefficient (Wildman–Crippen LogP) is 2.79. The molecule has 1 atom stereocenters. The van der Waals surface area contributed by atoms with Crippen molar-refractivity contribution in [1.82, 2.24) is 4.98 Å². The van der Waals surface area contributed by atoms with E-state index in [0.29, 0.717) is 0 Å². The first-order chi connectivity index (χ1) is 6.89. The lowest BCUT2D eigenvalue weighted by Crippen LogP contribution is -2.20. The van der Waals surface area contributed by atoms with E-state index in [9.17, 15) is 8.42 Å². The maximum Gasteiger partial charge on any atom is 0.200 e. The zero-order chi connectivity index (χ0) is 11.6. The molecule has 0 fully saturated rings. The van der Waals surface area contributed by atoms with Crippen molar-refractivity contribution in [2.75, 3.05) is 5.88 Å². The molecule has 1 aromatic heterocycles. The van der Waals surface area contributed by atoms with Crippen LogP contribution in [-0.2, 0) is 9.84 Å². The van der Waals surface area contributed by atoms with Crippen LogP contribution in [0.25, 0.3) is 0 Å². The number of rotatable bonds is 3. The number of aromatic nitrogens is 1. The van der Waals surface area contributed by atoms with Gasteiger partial charge in [0.1, 0.15) is 0 Å². The van der Waals surface area contributed by atoms with Crippen molar-refractivity contribution in [3.8, 4) is 0 Å². The van der Waals surface area contributed by atoms with Crippen molar-refractivity contribution in [2.45, 2.75) is 17.2 Å². The Labute approximate surface area is 103 Å². The van der Waals surface area contributed by atoms with E-state index in [1.165, 1.54) is 19.2 Å². The molecule has 1 heterocycles. The molecule has 15 heavy (non-hydrogen) atoms. The average Bonchev–Trinajstić information content (AvgIpc) is 2.15. The van der Waals surface area contributed by atoms with E-state index >= 15 is 0 Å². The SMILES string of the molecule is CC(CCl)S(=O)(=O)c1ncc(Cl)cc1Cl. The van der Waals surface area contributed by atoms with E-state index in [-0.39, 0.29) is 21.0 Å². The summed E-state index contributed by atoms with van der Waals surface area (Å²) in [5, 5.41) is -0.607. The quantitative estimate of drug-likeness (QED) is 0.804. The van der Waals surface area contributed by atoms with Crippen molar-refractivity contribution < 1.29 is 8.42 Å². The molecule has 3 nitrogen and oxygen atoms in total. The Kier molecular flexibility index (Phi) is 4.23. The molecule has 0 bridgehead atoms. The number of sulfone groups is 1. The number of halogens is 3. The Morgan fingerprint density at radius 3 is 2.53 bits per heavy atom. The zero-order valence-corrected chi connectivity index (χ0v) is 10.8. The lowest BCUT2D eigenvalue weighted by Gasteiger charge is -2.09. The maximum absolute atomic E-state index is 11.8. The minimum absolute atomic E-state index is 0.0109. The van der Waals surface area contributed by atoms with E-state index in [2.05, 4.69) is 4.98 Å². The molecular formula is C8H8Cl3NO2S. The standard InChI is InChI=1S/C8H8Cl3NO2S/c1-5(3-9)15(13,14)8-7(11)2-6(10)4-12-8/h2,4-5H,3H2,1H3. The molecule has 0 spiro atoms. The Morgan fingerprint density at radius 2 is 2.07 bits per heavy atom. The molecule has 0 saturated carbocycles. The summed E-state index contributed by atoms with van der Waals surface area (Å²) in [6.45, 7) is 1.49. The van der Waals surface area contributed by atoms with Crippen molar-refractivity contribution in [3.05, 3.63) is 22.3 Å². The van der Waals surface area contributed by atoms with E-state index < -0.39 is 15.1 Å². The number of hydrogen-bond acceptors (Lipinski definition) is 3. The Hall–Kier alpha value is -0.0300. The fraction of sp³-hybridized carbons (Fsp3) is 0.375. The Morgan fingerprint density at radius 1 is 1.47 bits per heavy atom. The minimum Gasteiger partial charge on any atom is -0.242 e. The van der Waals surface area contributed by atoms with Gasteiger partial charge in [0.25, 0.3) is 0 Å². The average molecular weight is 289 g/mol.